The lowest BCUT2D eigenvalue weighted by Gasteiger charge is -2.34. The molecule has 0 aliphatic carbocycles. The van der Waals surface area contributed by atoms with E-state index in [0.29, 0.717) is 23.2 Å². The number of aryl methyl sites for hydroxylation is 1. The van der Waals surface area contributed by atoms with E-state index in [1.54, 1.807) is 17.1 Å². The summed E-state index contributed by atoms with van der Waals surface area (Å²) in [4.78, 5) is 12.3. The molecule has 0 spiro atoms. The van der Waals surface area contributed by atoms with Crippen molar-refractivity contribution < 1.29 is 14.6 Å². The number of benzene rings is 2. The Morgan fingerprint density at radius 2 is 1.96 bits per heavy atom. The fraction of sp³-hybridized carbons (Fsp3) is 0.333. The Balaban J connectivity index is 2.00. The summed E-state index contributed by atoms with van der Waals surface area (Å²) < 4.78 is 5.55. The summed E-state index contributed by atoms with van der Waals surface area (Å²) in [5.41, 5.74) is 1.45. The zero-order valence-electron chi connectivity index (χ0n) is 15.7. The highest BCUT2D eigenvalue weighted by molar-refractivity contribution is 6.31. The van der Waals surface area contributed by atoms with Gasteiger partial charge < -0.3 is 9.84 Å². The minimum atomic E-state index is -1.29. The number of ether oxygens (including phenoxy) is 1. The van der Waals surface area contributed by atoms with Gasteiger partial charge >= 0.3 is 5.97 Å². The monoisotopic (exact) mass is 420 g/mol. The average molecular weight is 421 g/mol. The van der Waals surface area contributed by atoms with Gasteiger partial charge in [0.1, 0.15) is 0 Å². The molecule has 0 radical (unpaired) electrons. The number of aliphatic carboxylic acids is 1. The van der Waals surface area contributed by atoms with E-state index < -0.39 is 17.4 Å². The Kier molecular flexibility index (Phi) is 6.28. The lowest BCUT2D eigenvalue weighted by molar-refractivity contribution is -0.150. The first-order valence-corrected chi connectivity index (χ1v) is 9.76. The van der Waals surface area contributed by atoms with E-state index >= 15 is 0 Å². The van der Waals surface area contributed by atoms with Crippen molar-refractivity contribution in [2.45, 2.75) is 26.4 Å². The lowest BCUT2D eigenvalue weighted by atomic mass is 9.79. The molecule has 0 aromatic heterocycles. The van der Waals surface area contributed by atoms with E-state index in [4.69, 9.17) is 27.9 Å². The second-order valence-electron chi connectivity index (χ2n) is 6.86. The average Bonchev–Trinajstić information content (AvgIpc) is 3.03. The van der Waals surface area contributed by atoms with Gasteiger partial charge in [-0.15, -0.1) is 0 Å². The number of nitrogens with zero attached hydrogens (tertiary/aromatic N) is 2. The maximum absolute atomic E-state index is 12.3. The fourth-order valence-electron chi connectivity index (χ4n) is 3.37. The molecule has 1 heterocycles. The van der Waals surface area contributed by atoms with Gasteiger partial charge in [0.25, 0.3) is 0 Å². The summed E-state index contributed by atoms with van der Waals surface area (Å²) in [7, 11) is 0. The Morgan fingerprint density at radius 1 is 1.25 bits per heavy atom. The van der Waals surface area contributed by atoms with Crippen LogP contribution in [0.25, 0.3) is 0 Å². The standard InChI is InChI=1S/C21H22Cl2N2O3/c1-3-28-13-21(20(26)27)12-24-25(11-15-5-4-14(2)18(23)10-15)19(21)16-6-8-17(22)9-7-16/h4-10,12,19H,3,11,13H2,1-2H3,(H,26,27). The third-order valence-electron chi connectivity index (χ3n) is 4.93. The Hall–Kier alpha value is -2.08. The van der Waals surface area contributed by atoms with Crippen LogP contribution in [-0.4, -0.2) is 35.5 Å². The van der Waals surface area contributed by atoms with Crippen LogP contribution in [-0.2, 0) is 16.1 Å². The molecule has 1 aliphatic rings. The van der Waals surface area contributed by atoms with Crippen LogP contribution >= 0.6 is 23.2 Å². The molecular formula is C21H22Cl2N2O3. The first-order chi connectivity index (χ1) is 13.4. The van der Waals surface area contributed by atoms with Crippen LogP contribution in [0.3, 0.4) is 0 Å². The maximum atomic E-state index is 12.3. The molecule has 2 aromatic carbocycles. The van der Waals surface area contributed by atoms with Crippen LogP contribution in [0.5, 0.6) is 0 Å². The number of hydrogen-bond acceptors (Lipinski definition) is 4. The Morgan fingerprint density at radius 3 is 2.57 bits per heavy atom. The summed E-state index contributed by atoms with van der Waals surface area (Å²) in [6.07, 6.45) is 1.49. The van der Waals surface area contributed by atoms with Crippen molar-refractivity contribution in [3.8, 4) is 0 Å². The van der Waals surface area contributed by atoms with E-state index in [1.165, 1.54) is 6.21 Å². The molecule has 1 aliphatic heterocycles. The van der Waals surface area contributed by atoms with Crippen molar-refractivity contribution >= 4 is 35.4 Å². The van der Waals surface area contributed by atoms with Gasteiger partial charge in [-0.05, 0) is 48.7 Å². The highest BCUT2D eigenvalue weighted by Crippen LogP contribution is 2.44. The second kappa shape index (κ2) is 8.52. The van der Waals surface area contributed by atoms with E-state index in [9.17, 15) is 9.90 Å². The van der Waals surface area contributed by atoms with Gasteiger partial charge in [0.2, 0.25) is 0 Å². The van der Waals surface area contributed by atoms with Gasteiger partial charge in [0.05, 0.1) is 19.2 Å². The largest absolute Gasteiger partial charge is 0.480 e. The fourth-order valence-corrected chi connectivity index (χ4v) is 3.70. The second-order valence-corrected chi connectivity index (χ2v) is 7.71. The zero-order valence-corrected chi connectivity index (χ0v) is 17.2. The normalized spacial score (nSPS) is 21.3. The molecule has 0 saturated carbocycles. The molecule has 2 atom stereocenters. The summed E-state index contributed by atoms with van der Waals surface area (Å²) in [5, 5.41) is 17.6. The maximum Gasteiger partial charge on any atom is 0.320 e. The molecule has 0 amide bonds. The van der Waals surface area contributed by atoms with E-state index in [-0.39, 0.29) is 6.61 Å². The van der Waals surface area contributed by atoms with Gasteiger partial charge in [-0.2, -0.15) is 5.10 Å². The molecular weight excluding hydrogens is 399 g/mol. The van der Waals surface area contributed by atoms with Crippen molar-refractivity contribution in [2.24, 2.45) is 10.5 Å². The Bertz CT molecular complexity index is 886. The SMILES string of the molecule is CCOCC1(C(=O)O)C=NN(Cc2ccc(C)c(Cl)c2)C1c1ccc(Cl)cc1. The summed E-state index contributed by atoms with van der Waals surface area (Å²) in [6.45, 7) is 4.65. The molecule has 2 unspecified atom stereocenters. The molecule has 0 saturated heterocycles. The first kappa shape index (κ1) is 20.6. The molecule has 7 heteroatoms. The molecule has 2 aromatic rings. The van der Waals surface area contributed by atoms with Crippen molar-refractivity contribution in [3.63, 3.8) is 0 Å². The highest BCUT2D eigenvalue weighted by atomic mass is 35.5. The number of halogens is 2. The third-order valence-corrected chi connectivity index (χ3v) is 5.59. The number of hydrogen-bond donors (Lipinski definition) is 1. The van der Waals surface area contributed by atoms with Gasteiger partial charge in [0, 0.05) is 22.9 Å². The minimum absolute atomic E-state index is 0.0286. The predicted octanol–water partition coefficient (Wildman–Crippen LogP) is 4.95. The summed E-state index contributed by atoms with van der Waals surface area (Å²) in [6, 6.07) is 12.4. The lowest BCUT2D eigenvalue weighted by Crippen LogP contribution is -2.44. The highest BCUT2D eigenvalue weighted by Gasteiger charge is 2.52. The van der Waals surface area contributed by atoms with Crippen LogP contribution < -0.4 is 0 Å². The van der Waals surface area contributed by atoms with Crippen LogP contribution in [0.2, 0.25) is 10.0 Å². The first-order valence-electron chi connectivity index (χ1n) is 9.01. The molecule has 5 nitrogen and oxygen atoms in total. The third kappa shape index (κ3) is 4.02. The van der Waals surface area contributed by atoms with Gasteiger partial charge in [-0.25, -0.2) is 0 Å². The van der Waals surface area contributed by atoms with E-state index in [2.05, 4.69) is 5.10 Å². The minimum Gasteiger partial charge on any atom is -0.480 e. The summed E-state index contributed by atoms with van der Waals surface area (Å²) >= 11 is 12.3. The van der Waals surface area contributed by atoms with Crippen molar-refractivity contribution in [1.29, 1.82) is 0 Å². The van der Waals surface area contributed by atoms with Gasteiger partial charge in [-0.3, -0.25) is 9.80 Å². The van der Waals surface area contributed by atoms with Crippen LogP contribution in [0.4, 0.5) is 0 Å². The molecule has 28 heavy (non-hydrogen) atoms. The van der Waals surface area contributed by atoms with Crippen LogP contribution in [0.1, 0.15) is 29.7 Å². The number of carbonyl (C=O) groups is 1. The predicted molar refractivity (Wildman–Crippen MR) is 111 cm³/mol. The quantitative estimate of drug-likeness (QED) is 0.687. The zero-order chi connectivity index (χ0) is 20.3. The molecule has 1 N–H and O–H groups in total. The van der Waals surface area contributed by atoms with Crippen molar-refractivity contribution in [1.82, 2.24) is 5.01 Å². The molecule has 148 valence electrons. The van der Waals surface area contributed by atoms with Crippen molar-refractivity contribution in [3.05, 3.63) is 69.2 Å². The van der Waals surface area contributed by atoms with E-state index in [1.807, 2.05) is 44.2 Å². The topological polar surface area (TPSA) is 62.1 Å². The number of rotatable bonds is 7. The molecule has 0 fully saturated rings. The molecule has 3 rings (SSSR count). The van der Waals surface area contributed by atoms with Crippen LogP contribution in [0, 0.1) is 12.3 Å². The number of carboxylic acid groups (broad SMARTS) is 1. The Labute approximate surface area is 174 Å². The molecule has 0 bridgehead atoms. The van der Waals surface area contributed by atoms with Crippen molar-refractivity contribution in [2.75, 3.05) is 13.2 Å². The summed E-state index contributed by atoms with van der Waals surface area (Å²) in [5.74, 6) is -0.978. The van der Waals surface area contributed by atoms with Gasteiger partial charge in [0.15, 0.2) is 5.41 Å². The number of carboxylic acids is 1. The number of hydrazone groups is 1. The van der Waals surface area contributed by atoms with E-state index in [0.717, 1.165) is 16.7 Å². The van der Waals surface area contributed by atoms with Gasteiger partial charge in [-0.1, -0.05) is 47.5 Å². The smallest absolute Gasteiger partial charge is 0.320 e. The van der Waals surface area contributed by atoms with Crippen LogP contribution in [0.15, 0.2) is 47.6 Å².